The molecule has 0 aromatic heterocycles. The van der Waals surface area contributed by atoms with Crippen molar-refractivity contribution in [3.8, 4) is 17.2 Å². The van der Waals surface area contributed by atoms with Gasteiger partial charge in [0.25, 0.3) is 5.91 Å². The molecule has 0 aliphatic heterocycles. The van der Waals surface area contributed by atoms with Crippen LogP contribution < -0.4 is 19.5 Å². The van der Waals surface area contributed by atoms with Gasteiger partial charge in [0.1, 0.15) is 5.75 Å². The first kappa shape index (κ1) is 17.7. The fourth-order valence-corrected chi connectivity index (χ4v) is 2.43. The number of methoxy groups -OCH3 is 2. The van der Waals surface area contributed by atoms with E-state index in [9.17, 15) is 4.79 Å². The Bertz CT molecular complexity index is 700. The molecule has 128 valence electrons. The SMILES string of the molecule is COc1ccccc1OCC(=O)N[C@H](C)c1cc(C)ccc1OC. The van der Waals surface area contributed by atoms with Crippen molar-refractivity contribution in [2.45, 2.75) is 19.9 Å². The van der Waals surface area contributed by atoms with Crippen molar-refractivity contribution >= 4 is 5.91 Å². The molecule has 0 saturated heterocycles. The highest BCUT2D eigenvalue weighted by atomic mass is 16.5. The summed E-state index contributed by atoms with van der Waals surface area (Å²) >= 11 is 0. The van der Waals surface area contributed by atoms with Crippen LogP contribution in [0.2, 0.25) is 0 Å². The number of hydrogen-bond acceptors (Lipinski definition) is 4. The quantitative estimate of drug-likeness (QED) is 0.847. The van der Waals surface area contributed by atoms with E-state index in [4.69, 9.17) is 14.2 Å². The van der Waals surface area contributed by atoms with Crippen molar-refractivity contribution in [2.24, 2.45) is 0 Å². The molecule has 2 aromatic rings. The fourth-order valence-electron chi connectivity index (χ4n) is 2.43. The number of hydrogen-bond donors (Lipinski definition) is 1. The lowest BCUT2D eigenvalue weighted by atomic mass is 10.0. The molecule has 5 heteroatoms. The van der Waals surface area contributed by atoms with Gasteiger partial charge in [-0.15, -0.1) is 0 Å². The van der Waals surface area contributed by atoms with Gasteiger partial charge < -0.3 is 19.5 Å². The number of nitrogens with one attached hydrogen (secondary N) is 1. The number of para-hydroxylation sites is 2. The lowest BCUT2D eigenvalue weighted by Crippen LogP contribution is -2.31. The van der Waals surface area contributed by atoms with E-state index in [-0.39, 0.29) is 18.6 Å². The number of rotatable bonds is 7. The van der Waals surface area contributed by atoms with Gasteiger partial charge in [0.15, 0.2) is 18.1 Å². The highest BCUT2D eigenvalue weighted by molar-refractivity contribution is 5.78. The second kappa shape index (κ2) is 8.24. The van der Waals surface area contributed by atoms with E-state index in [0.717, 1.165) is 16.9 Å². The summed E-state index contributed by atoms with van der Waals surface area (Å²) in [7, 11) is 3.18. The molecule has 0 bridgehead atoms. The third kappa shape index (κ3) is 4.41. The van der Waals surface area contributed by atoms with Crippen LogP contribution in [0.4, 0.5) is 0 Å². The van der Waals surface area contributed by atoms with Gasteiger partial charge in [-0.3, -0.25) is 4.79 Å². The largest absolute Gasteiger partial charge is 0.496 e. The normalized spacial score (nSPS) is 11.5. The van der Waals surface area contributed by atoms with Crippen LogP contribution in [0, 0.1) is 6.92 Å². The molecule has 2 aromatic carbocycles. The zero-order valence-corrected chi connectivity index (χ0v) is 14.5. The topological polar surface area (TPSA) is 56.8 Å². The van der Waals surface area contributed by atoms with Gasteiger partial charge in [-0.2, -0.15) is 0 Å². The Morgan fingerprint density at radius 2 is 1.71 bits per heavy atom. The molecule has 5 nitrogen and oxygen atoms in total. The summed E-state index contributed by atoms with van der Waals surface area (Å²) in [6.45, 7) is 3.83. The Hall–Kier alpha value is -2.69. The maximum absolute atomic E-state index is 12.2. The van der Waals surface area contributed by atoms with E-state index < -0.39 is 0 Å². The number of carbonyl (C=O) groups is 1. The average Bonchev–Trinajstić information content (AvgIpc) is 2.60. The summed E-state index contributed by atoms with van der Waals surface area (Å²) < 4.78 is 16.1. The predicted octanol–water partition coefficient (Wildman–Crippen LogP) is 3.27. The number of ether oxygens (including phenoxy) is 3. The van der Waals surface area contributed by atoms with Crippen molar-refractivity contribution in [2.75, 3.05) is 20.8 Å². The monoisotopic (exact) mass is 329 g/mol. The fraction of sp³-hybridized carbons (Fsp3) is 0.316. The highest BCUT2D eigenvalue weighted by Crippen LogP contribution is 2.27. The molecule has 1 amide bonds. The van der Waals surface area contributed by atoms with E-state index in [1.54, 1.807) is 26.4 Å². The molecular formula is C19H23NO4. The number of aryl methyl sites for hydroxylation is 1. The molecule has 0 heterocycles. The van der Waals surface area contributed by atoms with Crippen LogP contribution in [-0.4, -0.2) is 26.7 Å². The van der Waals surface area contributed by atoms with Gasteiger partial charge in [0, 0.05) is 5.56 Å². The number of amides is 1. The molecule has 0 aliphatic carbocycles. The van der Waals surface area contributed by atoms with Gasteiger partial charge >= 0.3 is 0 Å². The van der Waals surface area contributed by atoms with E-state index in [2.05, 4.69) is 5.32 Å². The zero-order valence-electron chi connectivity index (χ0n) is 14.5. The summed E-state index contributed by atoms with van der Waals surface area (Å²) in [6.07, 6.45) is 0. The van der Waals surface area contributed by atoms with E-state index >= 15 is 0 Å². The first-order valence-electron chi connectivity index (χ1n) is 7.75. The molecule has 0 saturated carbocycles. The number of benzene rings is 2. The molecule has 0 fully saturated rings. The maximum Gasteiger partial charge on any atom is 0.258 e. The van der Waals surface area contributed by atoms with Gasteiger partial charge in [0.05, 0.1) is 20.3 Å². The van der Waals surface area contributed by atoms with Gasteiger partial charge in [-0.25, -0.2) is 0 Å². The minimum atomic E-state index is -0.211. The molecule has 1 N–H and O–H groups in total. The lowest BCUT2D eigenvalue weighted by Gasteiger charge is -2.18. The molecule has 0 aliphatic rings. The third-order valence-electron chi connectivity index (χ3n) is 3.66. The van der Waals surface area contributed by atoms with Crippen LogP contribution in [-0.2, 0) is 4.79 Å². The molecule has 2 rings (SSSR count). The van der Waals surface area contributed by atoms with Crippen molar-refractivity contribution in [3.05, 3.63) is 53.6 Å². The van der Waals surface area contributed by atoms with E-state index in [1.165, 1.54) is 0 Å². The molecule has 0 radical (unpaired) electrons. The van der Waals surface area contributed by atoms with Crippen molar-refractivity contribution < 1.29 is 19.0 Å². The molecule has 1 atom stereocenters. The maximum atomic E-state index is 12.2. The highest BCUT2D eigenvalue weighted by Gasteiger charge is 2.15. The van der Waals surface area contributed by atoms with Crippen LogP contribution in [0.1, 0.15) is 24.1 Å². The van der Waals surface area contributed by atoms with Crippen LogP contribution in [0.15, 0.2) is 42.5 Å². The summed E-state index contributed by atoms with van der Waals surface area (Å²) in [5.74, 6) is 1.67. The van der Waals surface area contributed by atoms with Gasteiger partial charge in [-0.1, -0.05) is 29.8 Å². The van der Waals surface area contributed by atoms with Crippen LogP contribution in [0.3, 0.4) is 0 Å². The van der Waals surface area contributed by atoms with Crippen LogP contribution in [0.25, 0.3) is 0 Å². The van der Waals surface area contributed by atoms with Gasteiger partial charge in [-0.05, 0) is 32.0 Å². The molecular weight excluding hydrogens is 306 g/mol. The second-order valence-corrected chi connectivity index (χ2v) is 5.47. The second-order valence-electron chi connectivity index (χ2n) is 5.47. The smallest absolute Gasteiger partial charge is 0.258 e. The Labute approximate surface area is 142 Å². The number of carbonyl (C=O) groups excluding carboxylic acids is 1. The lowest BCUT2D eigenvalue weighted by molar-refractivity contribution is -0.123. The minimum absolute atomic E-state index is 0.0845. The van der Waals surface area contributed by atoms with Gasteiger partial charge in [0.2, 0.25) is 0 Å². The first-order chi connectivity index (χ1) is 11.5. The third-order valence-corrected chi connectivity index (χ3v) is 3.66. The van der Waals surface area contributed by atoms with Crippen molar-refractivity contribution in [1.29, 1.82) is 0 Å². The Balaban J connectivity index is 1.98. The zero-order chi connectivity index (χ0) is 17.5. The first-order valence-corrected chi connectivity index (χ1v) is 7.75. The van der Waals surface area contributed by atoms with E-state index in [0.29, 0.717) is 11.5 Å². The predicted molar refractivity (Wildman–Crippen MR) is 92.8 cm³/mol. The van der Waals surface area contributed by atoms with Crippen molar-refractivity contribution in [1.82, 2.24) is 5.32 Å². The summed E-state index contributed by atoms with van der Waals surface area (Å²) in [5, 5.41) is 2.92. The Morgan fingerprint density at radius 1 is 1.04 bits per heavy atom. The summed E-state index contributed by atoms with van der Waals surface area (Å²) in [5.41, 5.74) is 2.04. The standard InChI is InChI=1S/C19H23NO4/c1-13-9-10-16(22-3)15(11-13)14(2)20-19(21)12-24-18-8-6-5-7-17(18)23-4/h5-11,14H,12H2,1-4H3,(H,20,21)/t14-/m1/s1. The average molecular weight is 329 g/mol. The molecule has 0 unspecified atom stereocenters. The molecule has 24 heavy (non-hydrogen) atoms. The van der Waals surface area contributed by atoms with E-state index in [1.807, 2.05) is 44.2 Å². The van der Waals surface area contributed by atoms with Crippen LogP contribution in [0.5, 0.6) is 17.2 Å². The molecule has 0 spiro atoms. The minimum Gasteiger partial charge on any atom is -0.496 e. The summed E-state index contributed by atoms with van der Waals surface area (Å²) in [4.78, 5) is 12.2. The van der Waals surface area contributed by atoms with Crippen LogP contribution >= 0.6 is 0 Å². The Kier molecular flexibility index (Phi) is 6.07. The Morgan fingerprint density at radius 3 is 2.38 bits per heavy atom. The van der Waals surface area contributed by atoms with Crippen molar-refractivity contribution in [3.63, 3.8) is 0 Å². The summed E-state index contributed by atoms with van der Waals surface area (Å²) in [6, 6.07) is 12.9.